The third-order valence-electron chi connectivity index (χ3n) is 4.19. The molecule has 25 heavy (non-hydrogen) atoms. The zero-order chi connectivity index (χ0) is 17.5. The number of nitrogens with one attached hydrogen (secondary N) is 1. The number of nitrogens with two attached hydrogens (primary N) is 1. The predicted octanol–water partition coefficient (Wildman–Crippen LogP) is 3.60. The van der Waals surface area contributed by atoms with Crippen molar-refractivity contribution in [1.29, 1.82) is 0 Å². The molecule has 3 rings (SSSR count). The van der Waals surface area contributed by atoms with E-state index in [2.05, 4.69) is 59.3 Å². The van der Waals surface area contributed by atoms with Gasteiger partial charge in [0.05, 0.1) is 4.88 Å². The summed E-state index contributed by atoms with van der Waals surface area (Å²) in [7, 11) is 0. The molecular weight excluding hydrogens is 328 g/mol. The first-order valence-electron chi connectivity index (χ1n) is 8.56. The van der Waals surface area contributed by atoms with Crippen LogP contribution in [0.25, 0.3) is 0 Å². The van der Waals surface area contributed by atoms with Crippen molar-refractivity contribution in [1.82, 2.24) is 0 Å². The van der Waals surface area contributed by atoms with Gasteiger partial charge in [0.1, 0.15) is 6.04 Å². The molecule has 0 aliphatic carbocycles. The summed E-state index contributed by atoms with van der Waals surface area (Å²) in [5, 5.41) is 7.13. The van der Waals surface area contributed by atoms with Gasteiger partial charge in [-0.3, -0.25) is 4.79 Å². The van der Waals surface area contributed by atoms with Crippen molar-refractivity contribution >= 4 is 22.9 Å². The van der Waals surface area contributed by atoms with Crippen LogP contribution in [0.15, 0.2) is 72.1 Å². The van der Waals surface area contributed by atoms with E-state index in [-0.39, 0.29) is 11.9 Å². The van der Waals surface area contributed by atoms with E-state index in [0.717, 1.165) is 12.1 Å². The Balaban J connectivity index is 1.69. The van der Waals surface area contributed by atoms with Crippen LogP contribution in [0.4, 0.5) is 5.69 Å². The molecule has 3 N–H and O–H groups in total. The lowest BCUT2D eigenvalue weighted by Gasteiger charge is -2.15. The molecule has 2 aromatic carbocycles. The van der Waals surface area contributed by atoms with Crippen molar-refractivity contribution in [3.63, 3.8) is 0 Å². The van der Waals surface area contributed by atoms with E-state index in [1.807, 2.05) is 30.3 Å². The van der Waals surface area contributed by atoms with Crippen molar-refractivity contribution in [2.45, 2.75) is 19.4 Å². The standard InChI is InChI=1S/C21H22N2OS/c1-2-16-10-12-17(13-11-16)21(19-9-6-14-25-19)22-15-20(24)23-18-7-4-3-5-8-18/h3-14,21-22H,2,15H2,1H3,(H,23,24)/p+1/t21-/m1/s1. The highest BCUT2D eigenvalue weighted by Gasteiger charge is 2.20. The monoisotopic (exact) mass is 351 g/mol. The topological polar surface area (TPSA) is 45.7 Å². The van der Waals surface area contributed by atoms with Gasteiger partial charge >= 0.3 is 0 Å². The number of carbonyl (C=O) groups excluding carboxylic acids is 1. The average Bonchev–Trinajstić information content (AvgIpc) is 3.18. The molecule has 0 aliphatic heterocycles. The number of benzene rings is 2. The molecule has 1 amide bonds. The maximum absolute atomic E-state index is 12.3. The molecule has 1 atom stereocenters. The Morgan fingerprint density at radius 3 is 2.44 bits per heavy atom. The molecule has 0 unspecified atom stereocenters. The van der Waals surface area contributed by atoms with Crippen LogP contribution in [-0.2, 0) is 11.2 Å². The largest absolute Gasteiger partial charge is 0.328 e. The fourth-order valence-corrected chi connectivity index (χ4v) is 3.65. The maximum atomic E-state index is 12.3. The number of amides is 1. The quantitative estimate of drug-likeness (QED) is 0.671. The van der Waals surface area contributed by atoms with Crippen LogP contribution in [0.2, 0.25) is 0 Å². The van der Waals surface area contributed by atoms with Crippen molar-refractivity contribution in [3.05, 3.63) is 88.1 Å². The molecule has 0 saturated heterocycles. The molecule has 1 aromatic heterocycles. The third kappa shape index (κ3) is 4.78. The van der Waals surface area contributed by atoms with Gasteiger partial charge in [0.2, 0.25) is 0 Å². The summed E-state index contributed by atoms with van der Waals surface area (Å²) in [5.74, 6) is 0.0120. The first kappa shape index (κ1) is 17.4. The first-order valence-corrected chi connectivity index (χ1v) is 9.44. The highest BCUT2D eigenvalue weighted by molar-refractivity contribution is 7.10. The van der Waals surface area contributed by atoms with Gasteiger partial charge in [-0.15, -0.1) is 11.3 Å². The van der Waals surface area contributed by atoms with Crippen LogP contribution in [0.3, 0.4) is 0 Å². The highest BCUT2D eigenvalue weighted by atomic mass is 32.1. The van der Waals surface area contributed by atoms with Crippen LogP contribution >= 0.6 is 11.3 Å². The highest BCUT2D eigenvalue weighted by Crippen LogP contribution is 2.23. The molecule has 0 aliphatic rings. The fourth-order valence-electron chi connectivity index (χ4n) is 2.80. The summed E-state index contributed by atoms with van der Waals surface area (Å²) >= 11 is 1.73. The lowest BCUT2D eigenvalue weighted by Crippen LogP contribution is -2.87. The van der Waals surface area contributed by atoms with E-state index in [1.54, 1.807) is 11.3 Å². The Hall–Kier alpha value is -2.43. The van der Waals surface area contributed by atoms with Gasteiger partial charge in [-0.1, -0.05) is 55.5 Å². The van der Waals surface area contributed by atoms with E-state index < -0.39 is 0 Å². The van der Waals surface area contributed by atoms with Crippen molar-refractivity contribution in [3.8, 4) is 0 Å². The second kappa shape index (κ2) is 8.60. The minimum Gasteiger partial charge on any atom is -0.328 e. The Morgan fingerprint density at radius 1 is 1.04 bits per heavy atom. The zero-order valence-electron chi connectivity index (χ0n) is 14.3. The van der Waals surface area contributed by atoms with Gasteiger partial charge in [-0.25, -0.2) is 0 Å². The summed E-state index contributed by atoms with van der Waals surface area (Å²) in [6.07, 6.45) is 1.03. The molecule has 3 aromatic rings. The molecule has 0 spiro atoms. The lowest BCUT2D eigenvalue weighted by molar-refractivity contribution is -0.675. The molecule has 128 valence electrons. The van der Waals surface area contributed by atoms with Gasteiger partial charge in [-0.05, 0) is 35.6 Å². The van der Waals surface area contributed by atoms with E-state index in [9.17, 15) is 4.79 Å². The zero-order valence-corrected chi connectivity index (χ0v) is 15.1. The van der Waals surface area contributed by atoms with E-state index in [4.69, 9.17) is 0 Å². The molecule has 3 nitrogen and oxygen atoms in total. The SMILES string of the molecule is CCc1ccc([C@@H]([NH2+]CC(=O)Nc2ccccc2)c2cccs2)cc1. The number of thiophene rings is 1. The van der Waals surface area contributed by atoms with Gasteiger partial charge in [0.25, 0.3) is 5.91 Å². The number of anilines is 1. The predicted molar refractivity (Wildman–Crippen MR) is 104 cm³/mol. The van der Waals surface area contributed by atoms with Crippen LogP contribution in [0, 0.1) is 0 Å². The molecule has 1 heterocycles. The summed E-state index contributed by atoms with van der Waals surface area (Å²) in [4.78, 5) is 13.5. The van der Waals surface area contributed by atoms with E-state index in [1.165, 1.54) is 16.0 Å². The van der Waals surface area contributed by atoms with Crippen LogP contribution in [-0.4, -0.2) is 12.5 Å². The Kier molecular flexibility index (Phi) is 5.99. The van der Waals surface area contributed by atoms with Gasteiger partial charge < -0.3 is 10.6 Å². The number of hydrogen-bond acceptors (Lipinski definition) is 2. The molecule has 0 saturated carbocycles. The molecule has 4 heteroatoms. The molecule has 0 radical (unpaired) electrons. The smallest absolute Gasteiger partial charge is 0.279 e. The molecule has 0 fully saturated rings. The van der Waals surface area contributed by atoms with Crippen LogP contribution in [0.1, 0.15) is 29.0 Å². The van der Waals surface area contributed by atoms with Crippen molar-refractivity contribution in [2.24, 2.45) is 0 Å². The summed E-state index contributed by atoms with van der Waals surface area (Å²) in [6, 6.07) is 22.6. The number of aryl methyl sites for hydroxylation is 1. The van der Waals surface area contributed by atoms with Gasteiger partial charge in [-0.2, -0.15) is 0 Å². The second-order valence-electron chi connectivity index (χ2n) is 5.94. The van der Waals surface area contributed by atoms with Crippen molar-refractivity contribution in [2.75, 3.05) is 11.9 Å². The second-order valence-corrected chi connectivity index (χ2v) is 6.92. The fraction of sp³-hybridized carbons (Fsp3) is 0.190. The first-order chi connectivity index (χ1) is 12.3. The summed E-state index contributed by atoms with van der Waals surface area (Å²) in [5.41, 5.74) is 3.39. The number of hydrogen-bond donors (Lipinski definition) is 2. The van der Waals surface area contributed by atoms with Crippen LogP contribution in [0.5, 0.6) is 0 Å². The minimum atomic E-state index is 0.0120. The summed E-state index contributed by atoms with van der Waals surface area (Å²) in [6.45, 7) is 2.54. The Labute approximate surface area is 152 Å². The number of quaternary nitrogens is 1. The van der Waals surface area contributed by atoms with Crippen molar-refractivity contribution < 1.29 is 10.1 Å². The normalized spacial score (nSPS) is 11.9. The lowest BCUT2D eigenvalue weighted by atomic mass is 10.0. The average molecular weight is 351 g/mol. The van der Waals surface area contributed by atoms with Gasteiger partial charge in [0.15, 0.2) is 6.54 Å². The molecule has 0 bridgehead atoms. The number of para-hydroxylation sites is 1. The third-order valence-corrected chi connectivity index (χ3v) is 5.15. The Bertz CT molecular complexity index is 783. The minimum absolute atomic E-state index is 0.0120. The van der Waals surface area contributed by atoms with Gasteiger partial charge in [0, 0.05) is 11.3 Å². The number of rotatable bonds is 7. The molecular formula is C21H23N2OS+. The van der Waals surface area contributed by atoms with E-state index in [0.29, 0.717) is 6.54 Å². The number of carbonyl (C=O) groups is 1. The van der Waals surface area contributed by atoms with Crippen LogP contribution < -0.4 is 10.6 Å². The van der Waals surface area contributed by atoms with E-state index >= 15 is 0 Å². The Morgan fingerprint density at radius 2 is 1.80 bits per heavy atom. The maximum Gasteiger partial charge on any atom is 0.279 e. The summed E-state index contributed by atoms with van der Waals surface area (Å²) < 4.78 is 0.